The van der Waals surface area contributed by atoms with Crippen LogP contribution in [0.2, 0.25) is 0 Å². The van der Waals surface area contributed by atoms with E-state index in [2.05, 4.69) is 5.32 Å². The summed E-state index contributed by atoms with van der Waals surface area (Å²) in [5.74, 6) is 0.275. The molecule has 4 rings (SSSR count). The van der Waals surface area contributed by atoms with Crippen molar-refractivity contribution < 1.29 is 27.5 Å². The number of carbonyl (C=O) groups is 2. The number of nitrogens with one attached hydrogen (secondary N) is 1. The summed E-state index contributed by atoms with van der Waals surface area (Å²) in [7, 11) is -1.12. The lowest BCUT2D eigenvalue weighted by atomic mass is 9.95. The predicted octanol–water partition coefficient (Wildman–Crippen LogP) is 5.07. The summed E-state index contributed by atoms with van der Waals surface area (Å²) in [6, 6.07) is 19.5. The molecule has 3 aromatic rings. The van der Waals surface area contributed by atoms with E-state index in [0.29, 0.717) is 11.5 Å². The number of anilines is 1. The van der Waals surface area contributed by atoms with E-state index in [4.69, 9.17) is 9.47 Å². The van der Waals surface area contributed by atoms with Crippen LogP contribution < -0.4 is 19.1 Å². The molecule has 0 spiro atoms. The van der Waals surface area contributed by atoms with E-state index in [1.54, 1.807) is 62.6 Å². The number of hydrogen-bond donors (Lipinski definition) is 1. The second-order valence-corrected chi connectivity index (χ2v) is 12.8. The zero-order valence-electron chi connectivity index (χ0n) is 25.3. The van der Waals surface area contributed by atoms with Crippen molar-refractivity contribution in [1.82, 2.24) is 10.2 Å². The van der Waals surface area contributed by atoms with Gasteiger partial charge in [-0.25, -0.2) is 8.42 Å². The zero-order valence-corrected chi connectivity index (χ0v) is 26.1. The number of hydrogen-bond acceptors (Lipinski definition) is 6. The van der Waals surface area contributed by atoms with Gasteiger partial charge in [-0.1, -0.05) is 55.2 Å². The van der Waals surface area contributed by atoms with Gasteiger partial charge in [0.15, 0.2) is 0 Å². The predicted molar refractivity (Wildman–Crippen MR) is 167 cm³/mol. The Morgan fingerprint density at radius 2 is 1.53 bits per heavy atom. The van der Waals surface area contributed by atoms with Gasteiger partial charge in [0.1, 0.15) is 24.1 Å². The van der Waals surface area contributed by atoms with E-state index in [1.165, 1.54) is 24.1 Å². The van der Waals surface area contributed by atoms with Crippen molar-refractivity contribution in [1.29, 1.82) is 0 Å². The van der Waals surface area contributed by atoms with Crippen molar-refractivity contribution in [3.8, 4) is 11.5 Å². The first-order valence-corrected chi connectivity index (χ1v) is 16.0. The molecule has 3 aromatic carbocycles. The monoisotopic (exact) mass is 607 g/mol. The molecule has 1 N–H and O–H groups in total. The van der Waals surface area contributed by atoms with Crippen LogP contribution in [-0.2, 0) is 26.2 Å². The van der Waals surface area contributed by atoms with E-state index >= 15 is 0 Å². The summed E-state index contributed by atoms with van der Waals surface area (Å²) in [6.07, 6.45) is 5.07. The lowest BCUT2D eigenvalue weighted by Gasteiger charge is -2.33. The quantitative estimate of drug-likeness (QED) is 0.308. The van der Waals surface area contributed by atoms with E-state index in [1.807, 2.05) is 19.1 Å². The van der Waals surface area contributed by atoms with Crippen LogP contribution in [0.3, 0.4) is 0 Å². The number of amides is 2. The fourth-order valence-electron chi connectivity index (χ4n) is 5.25. The van der Waals surface area contributed by atoms with Crippen molar-refractivity contribution in [3.63, 3.8) is 0 Å². The highest BCUT2D eigenvalue weighted by molar-refractivity contribution is 7.92. The molecular weight excluding hydrogens is 566 g/mol. The van der Waals surface area contributed by atoms with Gasteiger partial charge in [0.2, 0.25) is 11.8 Å². The Morgan fingerprint density at radius 3 is 2.19 bits per heavy atom. The van der Waals surface area contributed by atoms with Crippen LogP contribution in [0.4, 0.5) is 5.69 Å². The molecule has 43 heavy (non-hydrogen) atoms. The highest BCUT2D eigenvalue weighted by atomic mass is 32.2. The minimum absolute atomic E-state index is 0.0520. The third-order valence-electron chi connectivity index (χ3n) is 7.84. The molecule has 9 nitrogen and oxygen atoms in total. The normalized spacial score (nSPS) is 14.4. The van der Waals surface area contributed by atoms with E-state index in [-0.39, 0.29) is 29.1 Å². The van der Waals surface area contributed by atoms with Crippen LogP contribution in [-0.4, -0.2) is 58.0 Å². The first-order chi connectivity index (χ1) is 20.6. The Morgan fingerprint density at radius 1 is 0.907 bits per heavy atom. The van der Waals surface area contributed by atoms with Crippen LogP contribution in [0.25, 0.3) is 0 Å². The second-order valence-electron chi connectivity index (χ2n) is 10.9. The van der Waals surface area contributed by atoms with Gasteiger partial charge in [-0.2, -0.15) is 0 Å². The van der Waals surface area contributed by atoms with Gasteiger partial charge < -0.3 is 19.7 Å². The summed E-state index contributed by atoms with van der Waals surface area (Å²) in [5.41, 5.74) is 1.93. The first kappa shape index (κ1) is 31.9. The molecule has 1 saturated carbocycles. The van der Waals surface area contributed by atoms with Crippen LogP contribution in [0.5, 0.6) is 11.5 Å². The van der Waals surface area contributed by atoms with Crippen molar-refractivity contribution in [2.75, 3.05) is 25.1 Å². The Kier molecular flexibility index (Phi) is 10.7. The van der Waals surface area contributed by atoms with Crippen molar-refractivity contribution in [2.24, 2.45) is 0 Å². The largest absolute Gasteiger partial charge is 0.497 e. The molecular formula is C33H41N3O6S. The number of rotatable bonds is 12. The number of aryl methyl sites for hydroxylation is 1. The molecule has 0 aromatic heterocycles. The molecule has 1 atom stereocenters. The van der Waals surface area contributed by atoms with Crippen molar-refractivity contribution in [3.05, 3.63) is 83.9 Å². The first-order valence-electron chi connectivity index (χ1n) is 14.6. The van der Waals surface area contributed by atoms with Gasteiger partial charge in [-0.3, -0.25) is 13.9 Å². The summed E-state index contributed by atoms with van der Waals surface area (Å²) < 4.78 is 39.9. The third kappa shape index (κ3) is 8.07. The lowest BCUT2D eigenvalue weighted by molar-refractivity contribution is -0.139. The number of ether oxygens (including phenoxy) is 2. The molecule has 0 saturated heterocycles. The fraction of sp³-hybridized carbons (Fsp3) is 0.394. The second kappa shape index (κ2) is 14.4. The van der Waals surface area contributed by atoms with Crippen molar-refractivity contribution in [2.45, 2.75) is 69.5 Å². The lowest BCUT2D eigenvalue weighted by Crippen LogP contribution is -2.53. The van der Waals surface area contributed by atoms with Gasteiger partial charge in [0.25, 0.3) is 10.0 Å². The molecule has 0 bridgehead atoms. The van der Waals surface area contributed by atoms with Gasteiger partial charge >= 0.3 is 0 Å². The highest BCUT2D eigenvalue weighted by Gasteiger charge is 2.33. The van der Waals surface area contributed by atoms with Crippen molar-refractivity contribution >= 4 is 27.5 Å². The number of nitrogens with zero attached hydrogens (tertiary/aromatic N) is 2. The van der Waals surface area contributed by atoms with Crippen LogP contribution in [0.15, 0.2) is 77.7 Å². The van der Waals surface area contributed by atoms with Crippen LogP contribution in [0.1, 0.15) is 50.2 Å². The average Bonchev–Trinajstić information content (AvgIpc) is 3.02. The number of methoxy groups -OCH3 is 2. The maximum Gasteiger partial charge on any atom is 0.264 e. The van der Waals surface area contributed by atoms with Gasteiger partial charge in [-0.05, 0) is 68.7 Å². The van der Waals surface area contributed by atoms with Gasteiger partial charge in [-0.15, -0.1) is 0 Å². The molecule has 1 aliphatic rings. The molecule has 1 aliphatic carbocycles. The average molecular weight is 608 g/mol. The Labute approximate surface area is 254 Å². The molecule has 230 valence electrons. The smallest absolute Gasteiger partial charge is 0.264 e. The number of sulfonamides is 1. The minimum atomic E-state index is -4.17. The molecule has 1 fully saturated rings. The zero-order chi connectivity index (χ0) is 31.0. The molecule has 0 heterocycles. The Hall–Kier alpha value is -4.05. The minimum Gasteiger partial charge on any atom is -0.497 e. The topological polar surface area (TPSA) is 105 Å². The number of benzene rings is 3. The molecule has 0 unspecified atom stereocenters. The van der Waals surface area contributed by atoms with Crippen LogP contribution >= 0.6 is 0 Å². The molecule has 0 radical (unpaired) electrons. The third-order valence-corrected chi connectivity index (χ3v) is 9.62. The maximum absolute atomic E-state index is 14.2. The van der Waals surface area contributed by atoms with E-state index < -0.39 is 28.5 Å². The van der Waals surface area contributed by atoms with Gasteiger partial charge in [0.05, 0.1) is 24.8 Å². The summed E-state index contributed by atoms with van der Waals surface area (Å²) >= 11 is 0. The summed E-state index contributed by atoms with van der Waals surface area (Å²) in [4.78, 5) is 29.2. The SMILES string of the molecule is COc1cccc(CN(C(=O)CN(c2cccc(OC)c2)S(=O)(=O)c2ccc(C)cc2)[C@@H](C)C(=O)NC2CCCCC2)c1. The van der Waals surface area contributed by atoms with E-state index in [9.17, 15) is 18.0 Å². The Bertz CT molecular complexity index is 1500. The number of carbonyl (C=O) groups excluding carboxylic acids is 2. The highest BCUT2D eigenvalue weighted by Crippen LogP contribution is 2.28. The maximum atomic E-state index is 14.2. The molecule has 2 amide bonds. The van der Waals surface area contributed by atoms with E-state index in [0.717, 1.165) is 47.5 Å². The fourth-order valence-corrected chi connectivity index (χ4v) is 6.66. The summed E-state index contributed by atoms with van der Waals surface area (Å²) in [6.45, 7) is 3.12. The summed E-state index contributed by atoms with van der Waals surface area (Å²) in [5, 5.41) is 3.12. The molecule has 10 heteroatoms. The van der Waals surface area contributed by atoms with Crippen LogP contribution in [0, 0.1) is 6.92 Å². The standard InChI is InChI=1S/C33H41N3O6S/c1-24-16-18-31(19-17-24)43(39,40)36(28-13-9-15-30(21-28)42-4)23-32(37)35(22-26-10-8-14-29(20-26)41-3)25(2)33(38)34-27-11-6-5-7-12-27/h8-10,13-21,25,27H,5-7,11-12,22-23H2,1-4H3,(H,34,38)/t25-/m0/s1. The molecule has 0 aliphatic heterocycles. The Balaban J connectivity index is 1.70. The van der Waals surface area contributed by atoms with Gasteiger partial charge in [0, 0.05) is 18.7 Å².